The van der Waals surface area contributed by atoms with Crippen LogP contribution in [0.4, 0.5) is 5.69 Å². The fourth-order valence-corrected chi connectivity index (χ4v) is 4.19. The van der Waals surface area contributed by atoms with E-state index in [0.717, 1.165) is 40.8 Å². The zero-order valence-corrected chi connectivity index (χ0v) is 16.4. The summed E-state index contributed by atoms with van der Waals surface area (Å²) in [5.41, 5.74) is 4.19. The van der Waals surface area contributed by atoms with Gasteiger partial charge in [0.15, 0.2) is 5.76 Å². The van der Waals surface area contributed by atoms with Crippen LogP contribution in [0.15, 0.2) is 46.9 Å². The maximum Gasteiger partial charge on any atom is 0.291 e. The normalized spacial score (nSPS) is 14.1. The van der Waals surface area contributed by atoms with Gasteiger partial charge in [-0.25, -0.2) is 4.98 Å². The summed E-state index contributed by atoms with van der Waals surface area (Å²) in [6, 6.07) is 13.5. The molecule has 0 saturated heterocycles. The molecule has 1 aliphatic heterocycles. The van der Waals surface area contributed by atoms with Crippen LogP contribution in [0.25, 0.3) is 22.0 Å². The van der Waals surface area contributed by atoms with Gasteiger partial charge < -0.3 is 19.0 Å². The summed E-state index contributed by atoms with van der Waals surface area (Å²) in [6.07, 6.45) is 4.63. The lowest BCUT2D eigenvalue weighted by Crippen LogP contribution is -2.13. The van der Waals surface area contributed by atoms with Crippen molar-refractivity contribution in [2.24, 2.45) is 0 Å². The number of nitrogens with one attached hydrogen (secondary N) is 1. The van der Waals surface area contributed by atoms with Crippen molar-refractivity contribution in [1.29, 1.82) is 0 Å². The van der Waals surface area contributed by atoms with Crippen molar-refractivity contribution in [3.63, 3.8) is 0 Å². The first-order valence-electron chi connectivity index (χ1n) is 10.0. The van der Waals surface area contributed by atoms with E-state index >= 15 is 0 Å². The molecule has 5 rings (SSSR count). The quantitative estimate of drug-likeness (QED) is 0.539. The molecule has 0 radical (unpaired) electrons. The molecule has 0 spiro atoms. The van der Waals surface area contributed by atoms with Crippen LogP contribution in [0, 0.1) is 0 Å². The molecule has 148 valence electrons. The van der Waals surface area contributed by atoms with E-state index in [1.807, 2.05) is 42.5 Å². The molecule has 6 nitrogen and oxygen atoms in total. The fraction of sp³-hybridized carbons (Fsp3) is 0.304. The van der Waals surface area contributed by atoms with Crippen molar-refractivity contribution < 1.29 is 13.9 Å². The highest BCUT2D eigenvalue weighted by Crippen LogP contribution is 2.28. The molecule has 2 aromatic heterocycles. The predicted octanol–water partition coefficient (Wildman–Crippen LogP) is 4.91. The standard InChI is InChI=1S/C23H23N3O3/c1-28-14-17-16-7-4-5-8-20(16)29-22(17)23(27)24-15-10-11-19-18(13-15)25-21-9-3-2-6-12-26(19)21/h4-5,7-8,10-11,13H,2-3,6,9,12,14H2,1H3,(H,24,27). The van der Waals surface area contributed by atoms with Gasteiger partial charge in [0.25, 0.3) is 5.91 Å². The van der Waals surface area contributed by atoms with Crippen molar-refractivity contribution >= 4 is 33.6 Å². The molecule has 4 aromatic rings. The Morgan fingerprint density at radius 3 is 3.00 bits per heavy atom. The van der Waals surface area contributed by atoms with E-state index in [1.54, 1.807) is 7.11 Å². The average Bonchev–Trinajstić information content (AvgIpc) is 3.17. The summed E-state index contributed by atoms with van der Waals surface area (Å²) in [6.45, 7) is 1.32. The molecule has 6 heteroatoms. The minimum Gasteiger partial charge on any atom is -0.451 e. The molecule has 0 atom stereocenters. The third-order valence-electron chi connectivity index (χ3n) is 5.56. The monoisotopic (exact) mass is 389 g/mol. The van der Waals surface area contributed by atoms with Gasteiger partial charge in [-0.05, 0) is 37.1 Å². The van der Waals surface area contributed by atoms with Gasteiger partial charge in [0, 0.05) is 36.7 Å². The Morgan fingerprint density at radius 1 is 1.21 bits per heavy atom. The number of fused-ring (bicyclic) bond motifs is 4. The molecule has 2 aromatic carbocycles. The number of imidazole rings is 1. The molecule has 1 aliphatic rings. The Morgan fingerprint density at radius 2 is 2.10 bits per heavy atom. The highest BCUT2D eigenvalue weighted by molar-refractivity contribution is 6.07. The maximum atomic E-state index is 13.0. The summed E-state index contributed by atoms with van der Waals surface area (Å²) in [5.74, 6) is 1.14. The Balaban J connectivity index is 1.47. The van der Waals surface area contributed by atoms with Gasteiger partial charge in [-0.3, -0.25) is 4.79 Å². The molecule has 0 saturated carbocycles. The second-order valence-electron chi connectivity index (χ2n) is 7.49. The Kier molecular flexibility index (Phi) is 4.56. The van der Waals surface area contributed by atoms with Gasteiger partial charge in [0.1, 0.15) is 11.4 Å². The van der Waals surface area contributed by atoms with Crippen molar-refractivity contribution in [3.05, 3.63) is 59.6 Å². The van der Waals surface area contributed by atoms with Gasteiger partial charge in [0.05, 0.1) is 17.6 Å². The van der Waals surface area contributed by atoms with Gasteiger partial charge in [-0.2, -0.15) is 0 Å². The van der Waals surface area contributed by atoms with Crippen molar-refractivity contribution in [2.45, 2.75) is 38.8 Å². The number of aryl methyl sites for hydroxylation is 2. The SMILES string of the molecule is COCc1c(C(=O)Nc2ccc3c(c2)nc2n3CCCCC2)oc2ccccc12. The Bertz CT molecular complexity index is 1210. The highest BCUT2D eigenvalue weighted by atomic mass is 16.5. The van der Waals surface area contributed by atoms with E-state index in [-0.39, 0.29) is 11.7 Å². The van der Waals surface area contributed by atoms with E-state index in [0.29, 0.717) is 17.9 Å². The molecule has 1 amide bonds. The molecule has 0 bridgehead atoms. The lowest BCUT2D eigenvalue weighted by molar-refractivity contribution is 0.0992. The van der Waals surface area contributed by atoms with Crippen molar-refractivity contribution in [2.75, 3.05) is 12.4 Å². The molecular weight excluding hydrogens is 366 g/mol. The third-order valence-corrected chi connectivity index (χ3v) is 5.56. The van der Waals surface area contributed by atoms with Crippen LogP contribution in [0.5, 0.6) is 0 Å². The molecule has 3 heterocycles. The van der Waals surface area contributed by atoms with Crippen molar-refractivity contribution in [3.8, 4) is 0 Å². The van der Waals surface area contributed by atoms with Crippen LogP contribution in [-0.4, -0.2) is 22.6 Å². The summed E-state index contributed by atoms with van der Waals surface area (Å²) >= 11 is 0. The highest BCUT2D eigenvalue weighted by Gasteiger charge is 2.21. The fourth-order valence-electron chi connectivity index (χ4n) is 4.19. The Hall–Kier alpha value is -3.12. The third kappa shape index (κ3) is 3.19. The average molecular weight is 389 g/mol. The number of ether oxygens (including phenoxy) is 1. The number of methoxy groups -OCH3 is 1. The number of aromatic nitrogens is 2. The van der Waals surface area contributed by atoms with E-state index < -0.39 is 0 Å². The number of nitrogens with zero attached hydrogens (tertiary/aromatic N) is 2. The summed E-state index contributed by atoms with van der Waals surface area (Å²) in [4.78, 5) is 17.8. The molecular formula is C23H23N3O3. The van der Waals surface area contributed by atoms with E-state index in [2.05, 4.69) is 9.88 Å². The molecule has 1 N–H and O–H groups in total. The topological polar surface area (TPSA) is 69.3 Å². The number of carbonyl (C=O) groups excluding carboxylic acids is 1. The minimum atomic E-state index is -0.284. The van der Waals surface area contributed by atoms with Gasteiger partial charge >= 0.3 is 0 Å². The van der Waals surface area contributed by atoms with E-state index in [9.17, 15) is 4.79 Å². The largest absolute Gasteiger partial charge is 0.451 e. The van der Waals surface area contributed by atoms with Crippen molar-refractivity contribution in [1.82, 2.24) is 9.55 Å². The van der Waals surface area contributed by atoms with Gasteiger partial charge in [-0.1, -0.05) is 24.6 Å². The summed E-state index contributed by atoms with van der Waals surface area (Å²) in [5, 5.41) is 3.86. The van der Waals surface area contributed by atoms with Crippen LogP contribution in [-0.2, 0) is 24.3 Å². The zero-order chi connectivity index (χ0) is 19.8. The first kappa shape index (κ1) is 17.9. The smallest absolute Gasteiger partial charge is 0.291 e. The number of para-hydroxylation sites is 1. The summed E-state index contributed by atoms with van der Waals surface area (Å²) < 4.78 is 13.4. The van der Waals surface area contributed by atoms with E-state index in [4.69, 9.17) is 14.1 Å². The lowest BCUT2D eigenvalue weighted by Gasteiger charge is -2.07. The van der Waals surface area contributed by atoms with Crippen LogP contribution < -0.4 is 5.32 Å². The molecule has 29 heavy (non-hydrogen) atoms. The number of carbonyl (C=O) groups is 1. The maximum absolute atomic E-state index is 13.0. The second kappa shape index (κ2) is 7.37. The van der Waals surface area contributed by atoms with Crippen LogP contribution >= 0.6 is 0 Å². The lowest BCUT2D eigenvalue weighted by atomic mass is 10.1. The van der Waals surface area contributed by atoms with Crippen LogP contribution in [0.2, 0.25) is 0 Å². The number of amides is 1. The number of anilines is 1. The number of rotatable bonds is 4. The van der Waals surface area contributed by atoms with E-state index in [1.165, 1.54) is 19.3 Å². The predicted molar refractivity (Wildman–Crippen MR) is 112 cm³/mol. The number of hydrogen-bond donors (Lipinski definition) is 1. The molecule has 0 aliphatic carbocycles. The Labute approximate surface area is 168 Å². The van der Waals surface area contributed by atoms with Crippen LogP contribution in [0.1, 0.15) is 41.2 Å². The molecule has 0 fully saturated rings. The number of hydrogen-bond acceptors (Lipinski definition) is 4. The van der Waals surface area contributed by atoms with Gasteiger partial charge in [-0.15, -0.1) is 0 Å². The summed E-state index contributed by atoms with van der Waals surface area (Å²) in [7, 11) is 1.61. The number of furan rings is 1. The molecule has 0 unspecified atom stereocenters. The number of benzene rings is 2. The second-order valence-corrected chi connectivity index (χ2v) is 7.49. The van der Waals surface area contributed by atoms with Gasteiger partial charge in [0.2, 0.25) is 0 Å². The zero-order valence-electron chi connectivity index (χ0n) is 16.4. The first-order valence-corrected chi connectivity index (χ1v) is 10.0. The first-order chi connectivity index (χ1) is 14.2. The minimum absolute atomic E-state index is 0.284. The van der Waals surface area contributed by atoms with Crippen LogP contribution in [0.3, 0.4) is 0 Å².